The molecule has 0 amide bonds. The van der Waals surface area contributed by atoms with E-state index in [2.05, 4.69) is 11.4 Å². The number of carboxylic acid groups (broad SMARTS) is 1. The van der Waals surface area contributed by atoms with E-state index in [0.29, 0.717) is 19.6 Å². The first-order valence-corrected chi connectivity index (χ1v) is 10.1. The van der Waals surface area contributed by atoms with Gasteiger partial charge in [0.15, 0.2) is 0 Å². The highest BCUT2D eigenvalue weighted by molar-refractivity contribution is 5.75. The Morgan fingerprint density at radius 2 is 1.78 bits per heavy atom. The Morgan fingerprint density at radius 1 is 1.22 bits per heavy atom. The summed E-state index contributed by atoms with van der Waals surface area (Å²) in [5.74, 6) is -2.98. The van der Waals surface area contributed by atoms with E-state index in [4.69, 9.17) is 19.4 Å². The first kappa shape index (κ1) is 27.4. The summed E-state index contributed by atoms with van der Waals surface area (Å²) in [5, 5.41) is 20.3. The Kier molecular flexibility index (Phi) is 10.1. The lowest BCUT2D eigenvalue weighted by atomic mass is 9.73. The van der Waals surface area contributed by atoms with Gasteiger partial charge in [-0.1, -0.05) is 24.3 Å². The molecule has 0 spiro atoms. The van der Waals surface area contributed by atoms with Crippen molar-refractivity contribution in [3.63, 3.8) is 0 Å². The van der Waals surface area contributed by atoms with Crippen LogP contribution in [-0.4, -0.2) is 50.0 Å². The van der Waals surface area contributed by atoms with Gasteiger partial charge in [0, 0.05) is 6.61 Å². The van der Waals surface area contributed by atoms with Crippen molar-refractivity contribution in [1.82, 2.24) is 5.32 Å². The highest BCUT2D eigenvalue weighted by Crippen LogP contribution is 2.35. The summed E-state index contributed by atoms with van der Waals surface area (Å²) in [6.45, 7) is 6.35. The van der Waals surface area contributed by atoms with Crippen molar-refractivity contribution < 1.29 is 37.3 Å². The van der Waals surface area contributed by atoms with Crippen LogP contribution < -0.4 is 5.32 Å². The maximum atomic E-state index is 11.7. The van der Waals surface area contributed by atoms with Crippen molar-refractivity contribution in [2.24, 2.45) is 5.41 Å². The van der Waals surface area contributed by atoms with Crippen LogP contribution >= 0.6 is 0 Å². The Balaban J connectivity index is 0.000000633. The van der Waals surface area contributed by atoms with Crippen molar-refractivity contribution in [3.8, 4) is 6.07 Å². The second kappa shape index (κ2) is 11.8. The molecule has 1 aromatic rings. The minimum absolute atomic E-state index is 0.227. The van der Waals surface area contributed by atoms with E-state index in [1.807, 2.05) is 38.1 Å². The van der Waals surface area contributed by atoms with Gasteiger partial charge in [0.05, 0.1) is 30.6 Å². The number of benzene rings is 1. The highest BCUT2D eigenvalue weighted by atomic mass is 19.4. The molecule has 178 valence electrons. The Hall–Kier alpha value is -2.64. The summed E-state index contributed by atoms with van der Waals surface area (Å²) < 4.78 is 42.4. The molecule has 0 saturated carbocycles. The molecule has 2 rings (SSSR count). The van der Waals surface area contributed by atoms with Gasteiger partial charge in [-0.2, -0.15) is 18.4 Å². The highest BCUT2D eigenvalue weighted by Gasteiger charge is 2.38. The van der Waals surface area contributed by atoms with Crippen LogP contribution in [0.2, 0.25) is 0 Å². The number of carboxylic acids is 1. The number of nitrogens with zero attached hydrogens (tertiary/aromatic N) is 1. The number of esters is 1. The number of aliphatic carboxylic acids is 1. The number of nitriles is 1. The molecule has 0 unspecified atom stereocenters. The van der Waals surface area contributed by atoms with Gasteiger partial charge in [-0.25, -0.2) is 4.79 Å². The van der Waals surface area contributed by atoms with E-state index < -0.39 is 23.0 Å². The van der Waals surface area contributed by atoms with Gasteiger partial charge in [-0.05, 0) is 57.3 Å². The lowest BCUT2D eigenvalue weighted by molar-refractivity contribution is -0.192. The predicted octanol–water partition coefficient (Wildman–Crippen LogP) is 3.57. The maximum Gasteiger partial charge on any atom is 0.490 e. The van der Waals surface area contributed by atoms with Crippen LogP contribution in [-0.2, 0) is 31.1 Å². The van der Waals surface area contributed by atoms with E-state index in [1.54, 1.807) is 0 Å². The molecule has 1 aliphatic heterocycles. The van der Waals surface area contributed by atoms with E-state index in [1.165, 1.54) is 7.11 Å². The van der Waals surface area contributed by atoms with Gasteiger partial charge < -0.3 is 19.9 Å². The van der Waals surface area contributed by atoms with Crippen LogP contribution in [0.5, 0.6) is 0 Å². The third-order valence-corrected chi connectivity index (χ3v) is 5.31. The molecule has 1 aliphatic rings. The third-order valence-electron chi connectivity index (χ3n) is 5.31. The molecule has 7 nitrogen and oxygen atoms in total. The molecular formula is C22H29F3N2O5. The summed E-state index contributed by atoms with van der Waals surface area (Å²) >= 11 is 0. The molecule has 0 radical (unpaired) electrons. The van der Waals surface area contributed by atoms with E-state index in [9.17, 15) is 23.2 Å². The van der Waals surface area contributed by atoms with E-state index in [-0.39, 0.29) is 5.97 Å². The summed E-state index contributed by atoms with van der Waals surface area (Å²) in [6, 6.07) is 10.6. The van der Waals surface area contributed by atoms with Gasteiger partial charge in [-0.3, -0.25) is 4.79 Å². The fourth-order valence-electron chi connectivity index (χ4n) is 3.30. The summed E-state index contributed by atoms with van der Waals surface area (Å²) in [4.78, 5) is 20.6. The molecule has 1 heterocycles. The molecule has 1 aromatic carbocycles. The monoisotopic (exact) mass is 458 g/mol. The van der Waals surface area contributed by atoms with Gasteiger partial charge >= 0.3 is 18.1 Å². The maximum absolute atomic E-state index is 11.7. The number of piperidine rings is 1. The predicted molar refractivity (Wildman–Crippen MR) is 110 cm³/mol. The zero-order chi connectivity index (χ0) is 24.4. The molecule has 1 fully saturated rings. The number of nitrogens with one attached hydrogen (secondary N) is 1. The number of ether oxygens (including phenoxy) is 2. The fraction of sp³-hybridized carbons (Fsp3) is 0.591. The summed E-state index contributed by atoms with van der Waals surface area (Å²) in [6.07, 6.45) is -2.86. The lowest BCUT2D eigenvalue weighted by Gasteiger charge is -2.33. The number of carbonyl (C=O) groups is 2. The Bertz CT molecular complexity index is 813. The SMILES string of the molecule is COC(=O)C(C)(C)CCOCc1ccccc1C1(C#N)CCNCC1.O=C(O)C(F)(F)F. The Labute approximate surface area is 185 Å². The molecule has 0 aliphatic carbocycles. The third kappa shape index (κ3) is 7.80. The zero-order valence-electron chi connectivity index (χ0n) is 18.4. The molecule has 0 atom stereocenters. The minimum Gasteiger partial charge on any atom is -0.475 e. The first-order valence-electron chi connectivity index (χ1n) is 10.1. The van der Waals surface area contributed by atoms with Crippen LogP contribution in [0.25, 0.3) is 0 Å². The van der Waals surface area contributed by atoms with Crippen molar-refractivity contribution in [1.29, 1.82) is 5.26 Å². The molecule has 32 heavy (non-hydrogen) atoms. The number of rotatable bonds is 7. The van der Waals surface area contributed by atoms with Crippen molar-refractivity contribution in [2.45, 2.75) is 51.3 Å². The molecule has 10 heteroatoms. The Morgan fingerprint density at radius 3 is 2.28 bits per heavy atom. The second-order valence-corrected chi connectivity index (χ2v) is 8.08. The minimum atomic E-state index is -5.08. The number of carbonyl (C=O) groups excluding carboxylic acids is 1. The molecule has 0 bridgehead atoms. The van der Waals surface area contributed by atoms with E-state index in [0.717, 1.165) is 37.1 Å². The largest absolute Gasteiger partial charge is 0.490 e. The van der Waals surface area contributed by atoms with Gasteiger partial charge in [0.1, 0.15) is 0 Å². The van der Waals surface area contributed by atoms with Crippen LogP contribution in [0, 0.1) is 16.7 Å². The average molecular weight is 458 g/mol. The standard InChI is InChI=1S/C20H28N2O3.C2HF3O2/c1-19(2,18(23)24-3)10-13-25-14-16-6-4-5-7-17(16)20(15-21)8-11-22-12-9-20;3-2(4,5)1(6)7/h4-7,22H,8-14H2,1-3H3;(H,6,7). The smallest absolute Gasteiger partial charge is 0.475 e. The fourth-order valence-corrected chi connectivity index (χ4v) is 3.30. The van der Waals surface area contributed by atoms with Crippen LogP contribution in [0.15, 0.2) is 24.3 Å². The lowest BCUT2D eigenvalue weighted by Crippen LogP contribution is -2.39. The normalized spacial score (nSPS) is 15.7. The molecule has 1 saturated heterocycles. The first-order chi connectivity index (χ1) is 14.9. The van der Waals surface area contributed by atoms with Gasteiger partial charge in [0.25, 0.3) is 0 Å². The van der Waals surface area contributed by atoms with Crippen molar-refractivity contribution >= 4 is 11.9 Å². The van der Waals surface area contributed by atoms with Crippen LogP contribution in [0.3, 0.4) is 0 Å². The van der Waals surface area contributed by atoms with Gasteiger partial charge in [0.2, 0.25) is 0 Å². The van der Waals surface area contributed by atoms with Crippen molar-refractivity contribution in [2.75, 3.05) is 26.8 Å². The van der Waals surface area contributed by atoms with Gasteiger partial charge in [-0.15, -0.1) is 0 Å². The zero-order valence-corrected chi connectivity index (χ0v) is 18.4. The van der Waals surface area contributed by atoms with Crippen LogP contribution in [0.4, 0.5) is 13.2 Å². The van der Waals surface area contributed by atoms with Crippen molar-refractivity contribution in [3.05, 3.63) is 35.4 Å². The summed E-state index contributed by atoms with van der Waals surface area (Å²) in [7, 11) is 1.40. The topological polar surface area (TPSA) is 109 Å². The summed E-state index contributed by atoms with van der Waals surface area (Å²) in [5.41, 5.74) is 1.14. The van der Waals surface area contributed by atoms with E-state index >= 15 is 0 Å². The number of methoxy groups -OCH3 is 1. The number of hydrogen-bond donors (Lipinski definition) is 2. The number of halogens is 3. The quantitative estimate of drug-likeness (QED) is 0.475. The number of alkyl halides is 3. The second-order valence-electron chi connectivity index (χ2n) is 8.08. The molecular weight excluding hydrogens is 429 g/mol. The average Bonchev–Trinajstić information content (AvgIpc) is 2.76. The van der Waals surface area contributed by atoms with Crippen LogP contribution in [0.1, 0.15) is 44.2 Å². The molecule has 2 N–H and O–H groups in total. The molecule has 0 aromatic heterocycles. The number of hydrogen-bond acceptors (Lipinski definition) is 6.